The van der Waals surface area contributed by atoms with E-state index in [-0.39, 0.29) is 12.4 Å². The Kier molecular flexibility index (Phi) is 7.70. The summed E-state index contributed by atoms with van der Waals surface area (Å²) < 4.78 is 1.08. The van der Waals surface area contributed by atoms with E-state index in [1.54, 1.807) is 6.34 Å². The number of hydrazine groups is 1. The molecule has 0 amide bonds. The lowest BCUT2D eigenvalue weighted by Gasteiger charge is -2.38. The molecule has 1 saturated carbocycles. The van der Waals surface area contributed by atoms with Gasteiger partial charge in [-0.2, -0.15) is 0 Å². The number of nitrogens with one attached hydrogen (secondary N) is 2. The molecule has 0 bridgehead atoms. The highest BCUT2D eigenvalue weighted by atomic mass is 35.5. The van der Waals surface area contributed by atoms with Crippen molar-refractivity contribution in [1.82, 2.24) is 10.7 Å². The van der Waals surface area contributed by atoms with Crippen molar-refractivity contribution < 1.29 is 16.9 Å². The maximum atomic E-state index is 5.12. The topological polar surface area (TPSA) is 62.4 Å². The summed E-state index contributed by atoms with van der Waals surface area (Å²) in [6, 6.07) is 1.39. The van der Waals surface area contributed by atoms with Crippen LogP contribution >= 0.6 is 0 Å². The SMILES string of the molecule is C[N+](C)(C)C1CCC(NC=NCNN)CC1.[Cl-]. The van der Waals surface area contributed by atoms with E-state index < -0.39 is 0 Å². The third-order valence-corrected chi connectivity index (χ3v) is 3.38. The first-order valence-electron chi connectivity index (χ1n) is 6.03. The number of quaternary nitrogens is 1. The predicted molar refractivity (Wildman–Crippen MR) is 67.9 cm³/mol. The van der Waals surface area contributed by atoms with E-state index >= 15 is 0 Å². The second-order valence-corrected chi connectivity index (χ2v) is 5.46. The molecule has 102 valence electrons. The molecule has 5 nitrogen and oxygen atoms in total. The zero-order chi connectivity index (χ0) is 12.0. The summed E-state index contributed by atoms with van der Waals surface area (Å²) in [7, 11) is 6.85. The van der Waals surface area contributed by atoms with E-state index in [4.69, 9.17) is 5.84 Å². The molecule has 1 rings (SSSR count). The van der Waals surface area contributed by atoms with Crippen LogP contribution in [0.25, 0.3) is 0 Å². The fourth-order valence-electron chi connectivity index (χ4n) is 2.27. The Morgan fingerprint density at radius 1 is 1.24 bits per heavy atom. The summed E-state index contributed by atoms with van der Waals surface area (Å²) in [6.07, 6.45) is 6.84. The standard InChI is InChI=1S/C11H26N5.ClH/c1-16(2,3)11-6-4-10(5-7-11)14-8-13-9-15-12;/h8,10-11,15H,4-7,9,12H2,1-3H3,(H,13,14);1H/q+1;/p-1. The van der Waals surface area contributed by atoms with Gasteiger partial charge in [0.05, 0.1) is 33.5 Å². The van der Waals surface area contributed by atoms with Gasteiger partial charge in [-0.3, -0.25) is 10.8 Å². The van der Waals surface area contributed by atoms with Crippen LogP contribution in [0.1, 0.15) is 25.7 Å². The monoisotopic (exact) mass is 263 g/mol. The smallest absolute Gasteiger partial charge is 0.102 e. The molecule has 0 aromatic carbocycles. The second-order valence-electron chi connectivity index (χ2n) is 5.46. The highest BCUT2D eigenvalue weighted by Gasteiger charge is 2.29. The molecule has 0 atom stereocenters. The summed E-state index contributed by atoms with van der Waals surface area (Å²) in [5.41, 5.74) is 2.49. The fraction of sp³-hybridized carbons (Fsp3) is 0.909. The Labute approximate surface area is 111 Å². The third-order valence-electron chi connectivity index (χ3n) is 3.38. The maximum absolute atomic E-state index is 5.12. The van der Waals surface area contributed by atoms with Crippen LogP contribution in [0.5, 0.6) is 0 Å². The van der Waals surface area contributed by atoms with Crippen LogP contribution in [0.4, 0.5) is 0 Å². The Morgan fingerprint density at radius 2 is 1.82 bits per heavy atom. The largest absolute Gasteiger partial charge is 1.00 e. The minimum absolute atomic E-state index is 0. The predicted octanol–water partition coefficient (Wildman–Crippen LogP) is -2.95. The average molecular weight is 264 g/mol. The molecular weight excluding hydrogens is 238 g/mol. The Morgan fingerprint density at radius 3 is 2.29 bits per heavy atom. The van der Waals surface area contributed by atoms with Gasteiger partial charge in [0, 0.05) is 18.9 Å². The highest BCUT2D eigenvalue weighted by molar-refractivity contribution is 5.54. The zero-order valence-corrected chi connectivity index (χ0v) is 11.9. The van der Waals surface area contributed by atoms with Gasteiger partial charge >= 0.3 is 0 Å². The van der Waals surface area contributed by atoms with Gasteiger partial charge in [0.15, 0.2) is 0 Å². The van der Waals surface area contributed by atoms with E-state index in [1.807, 2.05) is 0 Å². The van der Waals surface area contributed by atoms with Gasteiger partial charge < -0.3 is 22.2 Å². The number of nitrogens with zero attached hydrogens (tertiary/aromatic N) is 2. The molecule has 0 aliphatic heterocycles. The summed E-state index contributed by atoms with van der Waals surface area (Å²) in [5, 5.41) is 3.33. The minimum Gasteiger partial charge on any atom is -1.00 e. The number of hydrogen-bond acceptors (Lipinski definition) is 3. The molecule has 0 radical (unpaired) electrons. The van der Waals surface area contributed by atoms with Gasteiger partial charge in [-0.15, -0.1) is 0 Å². The molecule has 17 heavy (non-hydrogen) atoms. The van der Waals surface area contributed by atoms with Gasteiger partial charge in [-0.25, -0.2) is 5.43 Å². The molecule has 0 spiro atoms. The third kappa shape index (κ3) is 6.21. The van der Waals surface area contributed by atoms with Crippen molar-refractivity contribution >= 4 is 6.34 Å². The molecule has 0 aromatic heterocycles. The van der Waals surface area contributed by atoms with Crippen molar-refractivity contribution in [3.63, 3.8) is 0 Å². The van der Waals surface area contributed by atoms with Crippen molar-refractivity contribution in [1.29, 1.82) is 0 Å². The fourth-order valence-corrected chi connectivity index (χ4v) is 2.27. The van der Waals surface area contributed by atoms with Crippen molar-refractivity contribution in [3.05, 3.63) is 0 Å². The van der Waals surface area contributed by atoms with Crippen molar-refractivity contribution in [2.75, 3.05) is 27.8 Å². The summed E-state index contributed by atoms with van der Waals surface area (Å²) >= 11 is 0. The lowest BCUT2D eigenvalue weighted by atomic mass is 9.90. The maximum Gasteiger partial charge on any atom is 0.102 e. The van der Waals surface area contributed by atoms with Crippen LogP contribution in [-0.4, -0.2) is 50.7 Å². The number of rotatable bonds is 5. The minimum atomic E-state index is 0. The van der Waals surface area contributed by atoms with Gasteiger partial charge in [0.2, 0.25) is 0 Å². The number of nitrogens with two attached hydrogens (primary N) is 1. The Hall–Kier alpha value is -0.360. The molecule has 0 unspecified atom stereocenters. The molecule has 0 aromatic rings. The van der Waals surface area contributed by atoms with Crippen LogP contribution in [0.2, 0.25) is 0 Å². The van der Waals surface area contributed by atoms with E-state index in [1.165, 1.54) is 25.7 Å². The first-order chi connectivity index (χ1) is 7.54. The summed E-state index contributed by atoms with van der Waals surface area (Å²) in [5.74, 6) is 5.12. The molecule has 1 aliphatic rings. The van der Waals surface area contributed by atoms with Crippen LogP contribution in [0.15, 0.2) is 4.99 Å². The number of halogens is 1. The van der Waals surface area contributed by atoms with Gasteiger partial charge in [-0.05, 0) is 12.8 Å². The Bertz CT molecular complexity index is 218. The number of hydrogen-bond donors (Lipinski definition) is 3. The normalized spacial score (nSPS) is 25.6. The van der Waals surface area contributed by atoms with Gasteiger partial charge in [-0.1, -0.05) is 0 Å². The van der Waals surface area contributed by atoms with Crippen molar-refractivity contribution in [2.24, 2.45) is 10.8 Å². The first-order valence-corrected chi connectivity index (χ1v) is 6.03. The van der Waals surface area contributed by atoms with Gasteiger partial charge in [0.1, 0.15) is 6.67 Å². The molecule has 6 heteroatoms. The molecular formula is C11H26ClN5. The molecule has 4 N–H and O–H groups in total. The van der Waals surface area contributed by atoms with Crippen LogP contribution in [0.3, 0.4) is 0 Å². The summed E-state index contributed by atoms with van der Waals surface area (Å²) in [6.45, 7) is 0.473. The lowest BCUT2D eigenvalue weighted by molar-refractivity contribution is -0.897. The molecule has 1 aliphatic carbocycles. The molecule has 0 heterocycles. The van der Waals surface area contributed by atoms with Gasteiger partial charge in [0.25, 0.3) is 0 Å². The average Bonchev–Trinajstić information content (AvgIpc) is 2.24. The number of aliphatic imine (C=N–C) groups is 1. The second kappa shape index (κ2) is 7.87. The Balaban J connectivity index is 0.00000256. The molecule has 1 fully saturated rings. The van der Waals surface area contributed by atoms with E-state index in [0.717, 1.165) is 10.5 Å². The van der Waals surface area contributed by atoms with Crippen molar-refractivity contribution in [2.45, 2.75) is 37.8 Å². The summed E-state index contributed by atoms with van der Waals surface area (Å²) in [4.78, 5) is 4.08. The first kappa shape index (κ1) is 16.6. The van der Waals surface area contributed by atoms with Crippen molar-refractivity contribution in [3.8, 4) is 0 Å². The van der Waals surface area contributed by atoms with Crippen LogP contribution in [0, 0.1) is 0 Å². The van der Waals surface area contributed by atoms with E-state index in [9.17, 15) is 0 Å². The highest BCUT2D eigenvalue weighted by Crippen LogP contribution is 2.24. The van der Waals surface area contributed by atoms with Crippen LogP contribution < -0.4 is 29.0 Å². The zero-order valence-electron chi connectivity index (χ0n) is 11.1. The van der Waals surface area contributed by atoms with E-state index in [0.29, 0.717) is 12.7 Å². The van der Waals surface area contributed by atoms with Crippen LogP contribution in [-0.2, 0) is 0 Å². The molecule has 0 saturated heterocycles. The van der Waals surface area contributed by atoms with E-state index in [2.05, 4.69) is 36.9 Å². The lowest BCUT2D eigenvalue weighted by Crippen LogP contribution is -3.00. The quantitative estimate of drug-likeness (QED) is 0.163.